The lowest BCUT2D eigenvalue weighted by atomic mass is 10.1. The predicted molar refractivity (Wildman–Crippen MR) is 110 cm³/mol. The van der Waals surface area contributed by atoms with Crippen LogP contribution in [0.3, 0.4) is 0 Å². The van der Waals surface area contributed by atoms with E-state index in [9.17, 15) is 4.39 Å². The Bertz CT molecular complexity index is 833. The first-order chi connectivity index (χ1) is 12.7. The minimum absolute atomic E-state index is 0.218. The molecule has 0 aromatic heterocycles. The van der Waals surface area contributed by atoms with Gasteiger partial charge in [0.2, 0.25) is 0 Å². The number of rotatable bonds is 6. The maximum absolute atomic E-state index is 12.9. The van der Waals surface area contributed by atoms with Gasteiger partial charge in [0.15, 0.2) is 5.11 Å². The number of nitrogens with one attached hydrogen (secondary N) is 3. The van der Waals surface area contributed by atoms with Crippen molar-refractivity contribution in [2.45, 2.75) is 6.42 Å². The van der Waals surface area contributed by atoms with Crippen molar-refractivity contribution >= 4 is 34.4 Å². The van der Waals surface area contributed by atoms with Crippen molar-refractivity contribution in [1.82, 2.24) is 5.32 Å². The third-order valence-corrected chi connectivity index (χ3v) is 4.06. The minimum Gasteiger partial charge on any atom is -0.362 e. The van der Waals surface area contributed by atoms with Gasteiger partial charge in [-0.15, -0.1) is 0 Å². The van der Waals surface area contributed by atoms with Crippen LogP contribution in [-0.4, -0.2) is 11.7 Å². The van der Waals surface area contributed by atoms with E-state index in [4.69, 9.17) is 12.2 Å². The van der Waals surface area contributed by atoms with Crippen LogP contribution in [0.15, 0.2) is 78.9 Å². The Morgan fingerprint density at radius 2 is 1.38 bits per heavy atom. The molecule has 0 aliphatic rings. The Hall–Kier alpha value is -2.92. The van der Waals surface area contributed by atoms with Crippen LogP contribution in [0.2, 0.25) is 0 Å². The van der Waals surface area contributed by atoms with Gasteiger partial charge in [0.1, 0.15) is 5.82 Å². The van der Waals surface area contributed by atoms with E-state index in [1.54, 1.807) is 12.1 Å². The molecule has 3 aromatic carbocycles. The van der Waals surface area contributed by atoms with Gasteiger partial charge in [0, 0.05) is 23.6 Å². The van der Waals surface area contributed by atoms with Crippen molar-refractivity contribution in [2.24, 2.45) is 0 Å². The van der Waals surface area contributed by atoms with E-state index in [1.807, 2.05) is 54.6 Å². The van der Waals surface area contributed by atoms with E-state index in [-0.39, 0.29) is 5.82 Å². The summed E-state index contributed by atoms with van der Waals surface area (Å²) in [6.45, 7) is 0.686. The summed E-state index contributed by atoms with van der Waals surface area (Å²) in [7, 11) is 0. The van der Waals surface area contributed by atoms with Gasteiger partial charge >= 0.3 is 0 Å². The van der Waals surface area contributed by atoms with Crippen LogP contribution >= 0.6 is 12.2 Å². The second-order valence-electron chi connectivity index (χ2n) is 5.83. The van der Waals surface area contributed by atoms with E-state index in [0.717, 1.165) is 29.0 Å². The number of thiocarbonyl (C=S) groups is 1. The summed E-state index contributed by atoms with van der Waals surface area (Å²) in [5.41, 5.74) is 4.05. The van der Waals surface area contributed by atoms with E-state index in [2.05, 4.69) is 16.0 Å². The normalized spacial score (nSPS) is 10.2. The molecule has 3 N–H and O–H groups in total. The highest BCUT2D eigenvalue weighted by Crippen LogP contribution is 2.18. The lowest BCUT2D eigenvalue weighted by molar-refractivity contribution is 0.627. The van der Waals surface area contributed by atoms with Crippen LogP contribution < -0.4 is 16.0 Å². The first-order valence-corrected chi connectivity index (χ1v) is 8.81. The highest BCUT2D eigenvalue weighted by Gasteiger charge is 2.00. The molecule has 0 saturated heterocycles. The predicted octanol–water partition coefficient (Wildman–Crippen LogP) is 5.10. The van der Waals surface area contributed by atoms with Gasteiger partial charge in [-0.05, 0) is 72.7 Å². The number of halogens is 1. The molecule has 0 unspecified atom stereocenters. The molecule has 0 heterocycles. The fraction of sp³-hybridized carbons (Fsp3) is 0.0952. The van der Waals surface area contributed by atoms with Crippen molar-refractivity contribution in [3.05, 3.63) is 90.2 Å². The molecular weight excluding hydrogens is 345 g/mol. The Labute approximate surface area is 158 Å². The number of hydrogen-bond acceptors (Lipinski definition) is 2. The fourth-order valence-corrected chi connectivity index (χ4v) is 2.69. The van der Waals surface area contributed by atoms with Gasteiger partial charge in [-0.1, -0.05) is 30.3 Å². The molecule has 26 heavy (non-hydrogen) atoms. The Morgan fingerprint density at radius 3 is 2.08 bits per heavy atom. The van der Waals surface area contributed by atoms with E-state index < -0.39 is 0 Å². The molecular formula is C21H20FN3S. The molecule has 0 saturated carbocycles. The highest BCUT2D eigenvalue weighted by atomic mass is 32.1. The highest BCUT2D eigenvalue weighted by molar-refractivity contribution is 7.80. The molecule has 0 spiro atoms. The van der Waals surface area contributed by atoms with Gasteiger partial charge in [0.25, 0.3) is 0 Å². The molecule has 132 valence electrons. The molecule has 0 amide bonds. The molecule has 0 fully saturated rings. The molecule has 0 radical (unpaired) electrons. The topological polar surface area (TPSA) is 36.1 Å². The number of para-hydroxylation sites is 1. The van der Waals surface area contributed by atoms with Gasteiger partial charge in [-0.25, -0.2) is 4.39 Å². The summed E-state index contributed by atoms with van der Waals surface area (Å²) in [4.78, 5) is 0. The maximum Gasteiger partial charge on any atom is 0.170 e. The largest absolute Gasteiger partial charge is 0.362 e. The molecule has 0 atom stereocenters. The SMILES string of the molecule is Fc1ccc(CCNC(=S)Nc2ccc(Nc3ccccc3)cc2)cc1. The average molecular weight is 365 g/mol. The molecule has 3 nitrogen and oxygen atoms in total. The Morgan fingerprint density at radius 1 is 0.769 bits per heavy atom. The van der Waals surface area contributed by atoms with E-state index in [0.29, 0.717) is 11.7 Å². The summed E-state index contributed by atoms with van der Waals surface area (Å²) < 4.78 is 12.9. The number of hydrogen-bond donors (Lipinski definition) is 3. The van der Waals surface area contributed by atoms with Crippen LogP contribution in [0.4, 0.5) is 21.5 Å². The minimum atomic E-state index is -0.218. The van der Waals surface area contributed by atoms with E-state index >= 15 is 0 Å². The maximum atomic E-state index is 12.9. The standard InChI is InChI=1S/C21H20FN3S/c22-17-8-6-16(7-9-17)14-15-23-21(26)25-20-12-10-19(11-13-20)24-18-4-2-1-3-5-18/h1-13,24H,14-15H2,(H2,23,25,26). The average Bonchev–Trinajstić information content (AvgIpc) is 2.66. The van der Waals surface area contributed by atoms with E-state index in [1.165, 1.54) is 12.1 Å². The van der Waals surface area contributed by atoms with Crippen molar-refractivity contribution < 1.29 is 4.39 Å². The molecule has 0 bridgehead atoms. The first-order valence-electron chi connectivity index (χ1n) is 8.40. The van der Waals surface area contributed by atoms with Crippen molar-refractivity contribution in [3.63, 3.8) is 0 Å². The smallest absolute Gasteiger partial charge is 0.170 e. The second-order valence-corrected chi connectivity index (χ2v) is 6.23. The van der Waals surface area contributed by atoms with Gasteiger partial charge in [-0.3, -0.25) is 0 Å². The van der Waals surface area contributed by atoms with Gasteiger partial charge < -0.3 is 16.0 Å². The van der Waals surface area contributed by atoms with Crippen LogP contribution in [0.5, 0.6) is 0 Å². The molecule has 3 rings (SSSR count). The summed E-state index contributed by atoms with van der Waals surface area (Å²) >= 11 is 5.31. The molecule has 3 aromatic rings. The third kappa shape index (κ3) is 5.57. The van der Waals surface area contributed by atoms with Crippen molar-refractivity contribution in [1.29, 1.82) is 0 Å². The van der Waals surface area contributed by atoms with Gasteiger partial charge in [0.05, 0.1) is 0 Å². The molecule has 5 heteroatoms. The zero-order chi connectivity index (χ0) is 18.2. The summed E-state index contributed by atoms with van der Waals surface area (Å²) in [5.74, 6) is -0.218. The zero-order valence-electron chi connectivity index (χ0n) is 14.2. The second kappa shape index (κ2) is 8.97. The molecule has 0 aliphatic heterocycles. The first kappa shape index (κ1) is 17.9. The Balaban J connectivity index is 1.44. The Kier molecular flexibility index (Phi) is 6.17. The zero-order valence-corrected chi connectivity index (χ0v) is 15.0. The van der Waals surface area contributed by atoms with Crippen LogP contribution in [-0.2, 0) is 6.42 Å². The van der Waals surface area contributed by atoms with Crippen LogP contribution in [0, 0.1) is 5.82 Å². The quantitative estimate of drug-likeness (QED) is 0.531. The lowest BCUT2D eigenvalue weighted by Crippen LogP contribution is -2.30. The van der Waals surface area contributed by atoms with Crippen LogP contribution in [0.1, 0.15) is 5.56 Å². The number of benzene rings is 3. The fourth-order valence-electron chi connectivity index (χ4n) is 2.47. The van der Waals surface area contributed by atoms with Crippen molar-refractivity contribution in [3.8, 4) is 0 Å². The van der Waals surface area contributed by atoms with Crippen LogP contribution in [0.25, 0.3) is 0 Å². The van der Waals surface area contributed by atoms with Crippen molar-refractivity contribution in [2.75, 3.05) is 17.2 Å². The third-order valence-electron chi connectivity index (χ3n) is 3.82. The summed E-state index contributed by atoms with van der Waals surface area (Å²) in [6.07, 6.45) is 0.780. The van der Waals surface area contributed by atoms with Gasteiger partial charge in [-0.2, -0.15) is 0 Å². The lowest BCUT2D eigenvalue weighted by Gasteiger charge is -2.12. The summed E-state index contributed by atoms with van der Waals surface area (Å²) in [5, 5.41) is 10.2. The monoisotopic (exact) mass is 365 g/mol. The summed E-state index contributed by atoms with van der Waals surface area (Å²) in [6, 6.07) is 24.5. The number of anilines is 3. The molecule has 0 aliphatic carbocycles.